The van der Waals surface area contributed by atoms with Gasteiger partial charge in [-0.3, -0.25) is 4.40 Å². The molecule has 108 valence electrons. The number of hydrogen-bond acceptors (Lipinski definition) is 5. The normalized spacial score (nSPS) is 11.0. The van der Waals surface area contributed by atoms with Crippen molar-refractivity contribution in [1.29, 1.82) is 0 Å². The predicted octanol–water partition coefficient (Wildman–Crippen LogP) is 2.91. The summed E-state index contributed by atoms with van der Waals surface area (Å²) in [6.07, 6.45) is 0. The largest absolute Gasteiger partial charge is 0.493 e. The average Bonchev–Trinajstić information content (AvgIpc) is 2.88. The van der Waals surface area contributed by atoms with Gasteiger partial charge < -0.3 is 4.74 Å². The van der Waals surface area contributed by atoms with Crippen molar-refractivity contribution in [2.24, 2.45) is 0 Å². The van der Waals surface area contributed by atoms with Crippen molar-refractivity contribution >= 4 is 17.5 Å². The van der Waals surface area contributed by atoms with Crippen LogP contribution in [0.1, 0.15) is 11.4 Å². The Morgan fingerprint density at radius 1 is 1.14 bits per heavy atom. The van der Waals surface area contributed by atoms with Crippen molar-refractivity contribution in [2.75, 3.05) is 12.4 Å². The second kappa shape index (κ2) is 6.13. The Morgan fingerprint density at radius 2 is 1.95 bits per heavy atom. The minimum atomic E-state index is 0.627. The first-order chi connectivity index (χ1) is 10.2. The van der Waals surface area contributed by atoms with Crippen LogP contribution in [0.3, 0.4) is 0 Å². The van der Waals surface area contributed by atoms with Crippen molar-refractivity contribution in [3.8, 4) is 5.75 Å². The zero-order chi connectivity index (χ0) is 14.7. The van der Waals surface area contributed by atoms with Crippen LogP contribution >= 0.6 is 11.8 Å². The molecule has 2 aromatic heterocycles. The van der Waals surface area contributed by atoms with Gasteiger partial charge in [0.25, 0.3) is 5.78 Å². The number of hydrogen-bond donors (Lipinski definition) is 0. The lowest BCUT2D eigenvalue weighted by Gasteiger charge is -2.06. The average molecular weight is 300 g/mol. The lowest BCUT2D eigenvalue weighted by atomic mass is 10.3. The summed E-state index contributed by atoms with van der Waals surface area (Å²) in [7, 11) is 0. The van der Waals surface area contributed by atoms with Gasteiger partial charge in [-0.25, -0.2) is 4.98 Å². The molecule has 0 aliphatic heterocycles. The molecule has 0 fully saturated rings. The summed E-state index contributed by atoms with van der Waals surface area (Å²) < 4.78 is 7.64. The summed E-state index contributed by atoms with van der Waals surface area (Å²) >= 11 is 1.62. The molecule has 0 aliphatic rings. The number of fused-ring (bicyclic) bond motifs is 1. The van der Waals surface area contributed by atoms with E-state index in [4.69, 9.17) is 4.74 Å². The molecule has 0 bridgehead atoms. The maximum absolute atomic E-state index is 5.67. The van der Waals surface area contributed by atoms with Crippen LogP contribution in [0.25, 0.3) is 5.78 Å². The number of aromatic nitrogens is 4. The van der Waals surface area contributed by atoms with Crippen LogP contribution in [0, 0.1) is 13.8 Å². The number of thioether (sulfide) groups is 1. The van der Waals surface area contributed by atoms with Gasteiger partial charge >= 0.3 is 0 Å². The van der Waals surface area contributed by atoms with Gasteiger partial charge in [-0.05, 0) is 32.0 Å². The third-order valence-corrected chi connectivity index (χ3v) is 3.88. The molecule has 3 rings (SSSR count). The number of rotatable bonds is 5. The zero-order valence-electron chi connectivity index (χ0n) is 12.0. The topological polar surface area (TPSA) is 52.3 Å². The Hall–Kier alpha value is -2.08. The van der Waals surface area contributed by atoms with E-state index >= 15 is 0 Å². The van der Waals surface area contributed by atoms with Crippen LogP contribution in [0.5, 0.6) is 5.75 Å². The Labute approximate surface area is 127 Å². The van der Waals surface area contributed by atoms with Gasteiger partial charge in [0.05, 0.1) is 6.61 Å². The third kappa shape index (κ3) is 3.16. The van der Waals surface area contributed by atoms with Gasteiger partial charge in [0.2, 0.25) is 0 Å². The molecule has 0 saturated carbocycles. The molecule has 0 amide bonds. The van der Waals surface area contributed by atoms with E-state index in [9.17, 15) is 0 Å². The molecule has 0 N–H and O–H groups in total. The molecule has 6 heteroatoms. The summed E-state index contributed by atoms with van der Waals surface area (Å²) in [5.41, 5.74) is 2.05. The number of para-hydroxylation sites is 1. The van der Waals surface area contributed by atoms with Gasteiger partial charge in [0.15, 0.2) is 5.16 Å². The lowest BCUT2D eigenvalue weighted by molar-refractivity contribution is 0.344. The molecule has 0 aliphatic carbocycles. The molecule has 2 heterocycles. The molecule has 0 unspecified atom stereocenters. The minimum Gasteiger partial charge on any atom is -0.493 e. The fraction of sp³-hybridized carbons (Fsp3) is 0.267. The molecular weight excluding hydrogens is 284 g/mol. The van der Waals surface area contributed by atoms with Crippen LogP contribution in [0.4, 0.5) is 0 Å². The van der Waals surface area contributed by atoms with Gasteiger partial charge in [0.1, 0.15) is 5.75 Å². The fourth-order valence-corrected chi connectivity index (χ4v) is 2.91. The van der Waals surface area contributed by atoms with Gasteiger partial charge in [0, 0.05) is 17.1 Å². The first kappa shape index (κ1) is 13.9. The van der Waals surface area contributed by atoms with Crippen molar-refractivity contribution in [1.82, 2.24) is 19.6 Å². The van der Waals surface area contributed by atoms with E-state index in [1.165, 1.54) is 0 Å². The monoisotopic (exact) mass is 300 g/mol. The summed E-state index contributed by atoms with van der Waals surface area (Å²) in [4.78, 5) is 4.38. The number of benzene rings is 1. The number of ether oxygens (including phenoxy) is 1. The Kier molecular flexibility index (Phi) is 4.06. The second-order valence-electron chi connectivity index (χ2n) is 4.67. The summed E-state index contributed by atoms with van der Waals surface area (Å²) in [6.45, 7) is 4.62. The van der Waals surface area contributed by atoms with Crippen molar-refractivity contribution in [2.45, 2.75) is 19.0 Å². The van der Waals surface area contributed by atoms with Crippen molar-refractivity contribution in [3.63, 3.8) is 0 Å². The highest BCUT2D eigenvalue weighted by Gasteiger charge is 2.09. The molecule has 0 atom stereocenters. The number of nitrogens with zero attached hydrogens (tertiary/aromatic N) is 4. The first-order valence-corrected chi connectivity index (χ1v) is 7.72. The third-order valence-electron chi connectivity index (χ3n) is 2.99. The SMILES string of the molecule is Cc1cc(C)n2c(SCCOc3ccccc3)nnc2n1. The standard InChI is InChI=1S/C15H16N4OS/c1-11-10-12(2)19-14(16-11)17-18-15(19)21-9-8-20-13-6-4-3-5-7-13/h3-7,10H,8-9H2,1-2H3. The van der Waals surface area contributed by atoms with Crippen LogP contribution in [-0.2, 0) is 0 Å². The molecule has 21 heavy (non-hydrogen) atoms. The highest BCUT2D eigenvalue weighted by molar-refractivity contribution is 7.99. The van der Waals surface area contributed by atoms with Crippen LogP contribution in [0.15, 0.2) is 41.6 Å². The Bertz CT molecular complexity index is 742. The summed E-state index contributed by atoms with van der Waals surface area (Å²) in [5.74, 6) is 2.35. The first-order valence-electron chi connectivity index (χ1n) is 6.74. The molecule has 5 nitrogen and oxygen atoms in total. The van der Waals surface area contributed by atoms with Gasteiger partial charge in [-0.15, -0.1) is 10.2 Å². The van der Waals surface area contributed by atoms with Crippen LogP contribution in [-0.4, -0.2) is 31.9 Å². The van der Waals surface area contributed by atoms with E-state index in [0.29, 0.717) is 12.4 Å². The lowest BCUT2D eigenvalue weighted by Crippen LogP contribution is -2.02. The fourth-order valence-electron chi connectivity index (χ4n) is 2.10. The minimum absolute atomic E-state index is 0.627. The molecule has 0 spiro atoms. The van der Waals surface area contributed by atoms with Crippen LogP contribution in [0.2, 0.25) is 0 Å². The van der Waals surface area contributed by atoms with E-state index in [1.54, 1.807) is 11.8 Å². The van der Waals surface area contributed by atoms with Crippen molar-refractivity contribution in [3.05, 3.63) is 47.8 Å². The predicted molar refractivity (Wildman–Crippen MR) is 82.9 cm³/mol. The maximum Gasteiger partial charge on any atom is 0.256 e. The van der Waals surface area contributed by atoms with E-state index < -0.39 is 0 Å². The highest BCUT2D eigenvalue weighted by Crippen LogP contribution is 2.18. The molecule has 1 aromatic carbocycles. The maximum atomic E-state index is 5.67. The summed E-state index contributed by atoms with van der Waals surface area (Å²) in [6, 6.07) is 11.8. The molecule has 3 aromatic rings. The van der Waals surface area contributed by atoms with Gasteiger partial charge in [-0.2, -0.15) is 0 Å². The van der Waals surface area contributed by atoms with Crippen molar-refractivity contribution < 1.29 is 4.74 Å². The molecule has 0 saturated heterocycles. The van der Waals surface area contributed by atoms with Gasteiger partial charge in [-0.1, -0.05) is 30.0 Å². The molecule has 0 radical (unpaired) electrons. The van der Waals surface area contributed by atoms with E-state index in [-0.39, 0.29) is 0 Å². The number of aryl methyl sites for hydroxylation is 2. The molecular formula is C15H16N4OS. The Balaban J connectivity index is 1.63. The second-order valence-corrected chi connectivity index (χ2v) is 5.73. The van der Waals surface area contributed by atoms with Crippen LogP contribution < -0.4 is 4.74 Å². The van der Waals surface area contributed by atoms with E-state index in [2.05, 4.69) is 15.2 Å². The highest BCUT2D eigenvalue weighted by atomic mass is 32.2. The van der Waals surface area contributed by atoms with E-state index in [0.717, 1.165) is 28.0 Å². The quantitative estimate of drug-likeness (QED) is 0.535. The van der Waals surface area contributed by atoms with E-state index in [1.807, 2.05) is 54.6 Å². The Morgan fingerprint density at radius 3 is 2.76 bits per heavy atom. The summed E-state index contributed by atoms with van der Waals surface area (Å²) in [5, 5.41) is 9.17. The smallest absolute Gasteiger partial charge is 0.256 e. The zero-order valence-corrected chi connectivity index (χ0v) is 12.8.